The molecule has 0 N–H and O–H groups in total. The Balaban J connectivity index is 1.55. The smallest absolute Gasteiger partial charge is 0.272 e. The van der Waals surface area contributed by atoms with E-state index in [9.17, 15) is 9.59 Å². The second-order valence-corrected chi connectivity index (χ2v) is 7.40. The van der Waals surface area contributed by atoms with Crippen molar-refractivity contribution < 1.29 is 14.3 Å². The number of piperidine rings is 1. The van der Waals surface area contributed by atoms with Crippen LogP contribution >= 0.6 is 0 Å². The van der Waals surface area contributed by atoms with Gasteiger partial charge in [-0.2, -0.15) is 5.10 Å². The number of nitrogens with zero attached hydrogens (tertiary/aromatic N) is 4. The van der Waals surface area contributed by atoms with Crippen LogP contribution in [0.25, 0.3) is 0 Å². The molecule has 2 aliphatic heterocycles. The van der Waals surface area contributed by atoms with Gasteiger partial charge in [0.15, 0.2) is 0 Å². The monoisotopic (exact) mass is 368 g/mol. The van der Waals surface area contributed by atoms with Crippen molar-refractivity contribution in [1.29, 1.82) is 0 Å². The van der Waals surface area contributed by atoms with Crippen molar-refractivity contribution in [3.05, 3.63) is 47.8 Å². The number of aryl methyl sites for hydroxylation is 1. The Kier molecular flexibility index (Phi) is 4.37. The number of aromatic nitrogens is 2. The molecule has 4 rings (SSSR count). The van der Waals surface area contributed by atoms with Crippen molar-refractivity contribution in [2.24, 2.45) is 7.05 Å². The van der Waals surface area contributed by atoms with Gasteiger partial charge in [0.2, 0.25) is 5.91 Å². The molecule has 0 unspecified atom stereocenters. The summed E-state index contributed by atoms with van der Waals surface area (Å²) in [4.78, 5) is 28.6. The van der Waals surface area contributed by atoms with Crippen LogP contribution in [0.5, 0.6) is 5.75 Å². The summed E-state index contributed by atoms with van der Waals surface area (Å²) in [5.74, 6) is 0.873. The maximum Gasteiger partial charge on any atom is 0.272 e. The first kappa shape index (κ1) is 17.6. The molecule has 1 saturated heterocycles. The highest BCUT2D eigenvalue weighted by Crippen LogP contribution is 2.35. The number of benzene rings is 1. The Labute approximate surface area is 158 Å². The molecule has 0 radical (unpaired) electrons. The molecule has 0 saturated carbocycles. The molecule has 7 heteroatoms. The minimum absolute atomic E-state index is 0.0118. The molecule has 1 fully saturated rings. The summed E-state index contributed by atoms with van der Waals surface area (Å²) in [6.07, 6.45) is 3.01. The molecule has 2 aliphatic rings. The van der Waals surface area contributed by atoms with Crippen molar-refractivity contribution in [3.63, 3.8) is 0 Å². The van der Waals surface area contributed by atoms with Crippen LogP contribution in [0, 0.1) is 0 Å². The first-order valence-corrected chi connectivity index (χ1v) is 9.27. The second-order valence-electron chi connectivity index (χ2n) is 7.40. The molecule has 1 aromatic carbocycles. The standard InChI is InChI=1S/C20H24N4O3/c1-15(25)24-13-16-5-3-4-6-18(16)27-20(14-24)8-11-23(12-9-20)19(26)17-7-10-21-22(17)2/h3-7,10H,8-9,11-14H2,1-2H3. The van der Waals surface area contributed by atoms with Crippen LogP contribution in [-0.2, 0) is 18.4 Å². The number of hydrogen-bond donors (Lipinski definition) is 0. The lowest BCUT2D eigenvalue weighted by atomic mass is 9.90. The third-order valence-corrected chi connectivity index (χ3v) is 5.59. The molecule has 0 atom stereocenters. The van der Waals surface area contributed by atoms with E-state index in [-0.39, 0.29) is 11.8 Å². The van der Waals surface area contributed by atoms with E-state index in [0.717, 1.165) is 11.3 Å². The van der Waals surface area contributed by atoms with E-state index in [2.05, 4.69) is 5.10 Å². The molecule has 1 spiro atoms. The van der Waals surface area contributed by atoms with Gasteiger partial charge in [-0.15, -0.1) is 0 Å². The van der Waals surface area contributed by atoms with E-state index < -0.39 is 5.60 Å². The van der Waals surface area contributed by atoms with Gasteiger partial charge in [0.25, 0.3) is 5.91 Å². The fraction of sp³-hybridized carbons (Fsp3) is 0.450. The number of carbonyl (C=O) groups is 2. The summed E-state index contributed by atoms with van der Waals surface area (Å²) in [6, 6.07) is 9.63. The zero-order valence-corrected chi connectivity index (χ0v) is 15.7. The predicted molar refractivity (Wildman–Crippen MR) is 99.2 cm³/mol. The number of carbonyl (C=O) groups excluding carboxylic acids is 2. The second kappa shape index (κ2) is 6.72. The van der Waals surface area contributed by atoms with Gasteiger partial charge >= 0.3 is 0 Å². The SMILES string of the molecule is CC(=O)N1Cc2ccccc2OC2(CCN(C(=O)c3ccnn3C)CC2)C1. The summed E-state index contributed by atoms with van der Waals surface area (Å²) < 4.78 is 8.06. The van der Waals surface area contributed by atoms with Crippen LogP contribution in [0.1, 0.15) is 35.8 Å². The number of rotatable bonds is 1. The average Bonchev–Trinajstić information content (AvgIpc) is 3.01. The Bertz CT molecular complexity index is 868. The van der Waals surface area contributed by atoms with Crippen LogP contribution in [0.2, 0.25) is 0 Å². The van der Waals surface area contributed by atoms with Crippen LogP contribution < -0.4 is 4.74 Å². The molecule has 142 valence electrons. The van der Waals surface area contributed by atoms with Gasteiger partial charge in [0, 0.05) is 58.2 Å². The van der Waals surface area contributed by atoms with Gasteiger partial charge in [0.05, 0.1) is 6.54 Å². The van der Waals surface area contributed by atoms with Gasteiger partial charge in [-0.05, 0) is 12.1 Å². The first-order valence-electron chi connectivity index (χ1n) is 9.27. The van der Waals surface area contributed by atoms with E-state index in [0.29, 0.717) is 44.7 Å². The average molecular weight is 368 g/mol. The highest BCUT2D eigenvalue weighted by molar-refractivity contribution is 5.92. The molecule has 0 aliphatic carbocycles. The fourth-order valence-electron chi connectivity index (χ4n) is 3.95. The Morgan fingerprint density at radius 1 is 1.11 bits per heavy atom. The molecule has 2 amide bonds. The zero-order valence-electron chi connectivity index (χ0n) is 15.7. The molecule has 0 bridgehead atoms. The molecular formula is C20H24N4O3. The van der Waals surface area contributed by atoms with E-state index in [1.165, 1.54) is 0 Å². The summed E-state index contributed by atoms with van der Waals surface area (Å²) in [5, 5.41) is 4.08. The van der Waals surface area contributed by atoms with Crippen molar-refractivity contribution >= 4 is 11.8 Å². The first-order chi connectivity index (χ1) is 13.0. The highest BCUT2D eigenvalue weighted by atomic mass is 16.5. The fourth-order valence-corrected chi connectivity index (χ4v) is 3.95. The summed E-state index contributed by atoms with van der Waals surface area (Å²) in [5.41, 5.74) is 1.16. The van der Waals surface area contributed by atoms with Crippen LogP contribution in [0.15, 0.2) is 36.5 Å². The summed E-state index contributed by atoms with van der Waals surface area (Å²) >= 11 is 0. The predicted octanol–water partition coefficient (Wildman–Crippen LogP) is 1.84. The molecule has 3 heterocycles. The number of para-hydroxylation sites is 1. The number of amides is 2. The number of ether oxygens (including phenoxy) is 1. The largest absolute Gasteiger partial charge is 0.485 e. The number of fused-ring (bicyclic) bond motifs is 1. The quantitative estimate of drug-likeness (QED) is 0.770. The van der Waals surface area contributed by atoms with Crippen LogP contribution in [-0.4, -0.2) is 56.6 Å². The molecule has 7 nitrogen and oxygen atoms in total. The van der Waals surface area contributed by atoms with Crippen molar-refractivity contribution in [2.45, 2.75) is 31.9 Å². The van der Waals surface area contributed by atoms with Gasteiger partial charge < -0.3 is 14.5 Å². The Morgan fingerprint density at radius 3 is 2.52 bits per heavy atom. The summed E-state index contributed by atoms with van der Waals surface area (Å²) in [6.45, 7) is 3.90. The van der Waals surface area contributed by atoms with E-state index in [1.54, 1.807) is 30.9 Å². The van der Waals surface area contributed by atoms with E-state index in [1.807, 2.05) is 34.1 Å². The minimum atomic E-state index is -0.457. The normalized spacial score (nSPS) is 18.6. The van der Waals surface area contributed by atoms with Gasteiger partial charge in [-0.25, -0.2) is 0 Å². The maximum atomic E-state index is 12.8. The molecular weight excluding hydrogens is 344 g/mol. The molecule has 27 heavy (non-hydrogen) atoms. The topological polar surface area (TPSA) is 67.7 Å². The van der Waals surface area contributed by atoms with E-state index >= 15 is 0 Å². The maximum absolute atomic E-state index is 12.8. The lowest BCUT2D eigenvalue weighted by Crippen LogP contribution is -2.55. The van der Waals surface area contributed by atoms with Gasteiger partial charge in [0.1, 0.15) is 17.0 Å². The lowest BCUT2D eigenvalue weighted by Gasteiger charge is -2.42. The van der Waals surface area contributed by atoms with E-state index in [4.69, 9.17) is 4.74 Å². The third-order valence-electron chi connectivity index (χ3n) is 5.59. The zero-order chi connectivity index (χ0) is 19.0. The molecule has 2 aromatic rings. The van der Waals surface area contributed by atoms with Crippen LogP contribution in [0.4, 0.5) is 0 Å². The van der Waals surface area contributed by atoms with Crippen molar-refractivity contribution in [1.82, 2.24) is 19.6 Å². The highest BCUT2D eigenvalue weighted by Gasteiger charge is 2.42. The van der Waals surface area contributed by atoms with Crippen molar-refractivity contribution in [3.8, 4) is 5.75 Å². The van der Waals surface area contributed by atoms with Crippen LogP contribution in [0.3, 0.4) is 0 Å². The lowest BCUT2D eigenvalue weighted by molar-refractivity contribution is -0.132. The number of likely N-dealkylation sites (tertiary alicyclic amines) is 1. The number of hydrogen-bond acceptors (Lipinski definition) is 4. The summed E-state index contributed by atoms with van der Waals surface area (Å²) in [7, 11) is 1.77. The van der Waals surface area contributed by atoms with Gasteiger partial charge in [-0.3, -0.25) is 14.3 Å². The molecule has 1 aromatic heterocycles. The Hall–Kier alpha value is -2.83. The third kappa shape index (κ3) is 3.29. The van der Waals surface area contributed by atoms with Crippen molar-refractivity contribution in [2.75, 3.05) is 19.6 Å². The minimum Gasteiger partial charge on any atom is -0.485 e. The Morgan fingerprint density at radius 2 is 1.85 bits per heavy atom. The van der Waals surface area contributed by atoms with Gasteiger partial charge in [-0.1, -0.05) is 18.2 Å².